The zero-order chi connectivity index (χ0) is 15.6. The van der Waals surface area contributed by atoms with Gasteiger partial charge in [-0.1, -0.05) is 6.07 Å². The number of nitrogens with zero attached hydrogens (tertiary/aromatic N) is 1. The first-order valence-electron chi connectivity index (χ1n) is 5.31. The molecule has 0 unspecified atom stereocenters. The van der Waals surface area contributed by atoms with E-state index in [0.29, 0.717) is 6.21 Å². The summed E-state index contributed by atoms with van der Waals surface area (Å²) in [5.74, 6) is -11.2. The predicted octanol–water partition coefficient (Wildman–Crippen LogP) is 3.21. The van der Waals surface area contributed by atoms with Crippen LogP contribution >= 0.6 is 11.3 Å². The first-order chi connectivity index (χ1) is 9.93. The number of thiophene rings is 1. The van der Waals surface area contributed by atoms with Crippen molar-refractivity contribution in [1.29, 1.82) is 0 Å². The molecular weight excluding hydrogens is 315 g/mol. The highest BCUT2D eigenvalue weighted by atomic mass is 32.1. The van der Waals surface area contributed by atoms with Crippen LogP contribution < -0.4 is 5.43 Å². The van der Waals surface area contributed by atoms with Crippen LogP contribution in [-0.4, -0.2) is 12.1 Å². The van der Waals surface area contributed by atoms with Crippen molar-refractivity contribution in [2.75, 3.05) is 0 Å². The van der Waals surface area contributed by atoms with Gasteiger partial charge in [-0.15, -0.1) is 11.3 Å². The van der Waals surface area contributed by atoms with Crippen LogP contribution in [0.1, 0.15) is 15.2 Å². The predicted molar refractivity (Wildman–Crippen MR) is 65.6 cm³/mol. The monoisotopic (exact) mass is 320 g/mol. The topological polar surface area (TPSA) is 41.5 Å². The minimum Gasteiger partial charge on any atom is -0.266 e. The molecule has 1 heterocycles. The first-order valence-corrected chi connectivity index (χ1v) is 6.19. The summed E-state index contributed by atoms with van der Waals surface area (Å²) >= 11 is 1.09. The number of hydrogen-bond acceptors (Lipinski definition) is 3. The van der Waals surface area contributed by atoms with Gasteiger partial charge in [-0.3, -0.25) is 4.79 Å². The molecule has 0 aliphatic heterocycles. The Hall–Kier alpha value is -2.29. The van der Waals surface area contributed by atoms with Crippen molar-refractivity contribution >= 4 is 23.5 Å². The molecular formula is C12H5F5N2OS. The molecule has 0 saturated carbocycles. The highest BCUT2D eigenvalue weighted by Gasteiger charge is 2.24. The highest BCUT2D eigenvalue weighted by Crippen LogP contribution is 2.21. The number of amides is 1. The summed E-state index contributed by atoms with van der Waals surface area (Å²) in [5.41, 5.74) is 0.672. The average molecular weight is 320 g/mol. The van der Waals surface area contributed by atoms with Gasteiger partial charge in [0.15, 0.2) is 23.3 Å². The third-order valence-electron chi connectivity index (χ3n) is 2.35. The maximum Gasteiger partial charge on any atom is 0.281 e. The number of nitrogens with one attached hydrogen (secondary N) is 1. The molecule has 0 atom stereocenters. The molecule has 1 aromatic heterocycles. The minimum atomic E-state index is -2.26. The Kier molecular flexibility index (Phi) is 4.32. The lowest BCUT2D eigenvalue weighted by Gasteiger charge is -2.03. The molecule has 1 N–H and O–H groups in total. The molecule has 0 aliphatic carbocycles. The number of halogens is 5. The molecule has 0 bridgehead atoms. The van der Waals surface area contributed by atoms with Gasteiger partial charge < -0.3 is 0 Å². The van der Waals surface area contributed by atoms with Crippen molar-refractivity contribution in [3.8, 4) is 0 Å². The molecule has 1 amide bonds. The van der Waals surface area contributed by atoms with Crippen LogP contribution in [0, 0.1) is 29.1 Å². The molecule has 3 nitrogen and oxygen atoms in total. The number of carbonyl (C=O) groups is 1. The van der Waals surface area contributed by atoms with Gasteiger partial charge in [0.2, 0.25) is 5.82 Å². The van der Waals surface area contributed by atoms with E-state index in [1.807, 2.05) is 5.43 Å². The van der Waals surface area contributed by atoms with Gasteiger partial charge in [-0.2, -0.15) is 5.10 Å². The van der Waals surface area contributed by atoms with Gasteiger partial charge in [-0.25, -0.2) is 27.4 Å². The van der Waals surface area contributed by atoms with Crippen molar-refractivity contribution in [2.45, 2.75) is 0 Å². The fraction of sp³-hybridized carbons (Fsp3) is 0. The zero-order valence-corrected chi connectivity index (χ0v) is 10.8. The van der Waals surface area contributed by atoms with E-state index in [9.17, 15) is 26.7 Å². The fourth-order valence-corrected chi connectivity index (χ4v) is 1.97. The van der Waals surface area contributed by atoms with E-state index < -0.39 is 40.6 Å². The third kappa shape index (κ3) is 2.92. The second-order valence-electron chi connectivity index (χ2n) is 3.66. The van der Waals surface area contributed by atoms with Crippen LogP contribution in [0.5, 0.6) is 0 Å². The van der Waals surface area contributed by atoms with Crippen LogP contribution in [-0.2, 0) is 0 Å². The van der Waals surface area contributed by atoms with E-state index in [2.05, 4.69) is 5.10 Å². The van der Waals surface area contributed by atoms with Crippen molar-refractivity contribution in [3.05, 3.63) is 57.0 Å². The first kappa shape index (κ1) is 15.1. The molecule has 2 aromatic rings. The zero-order valence-electron chi connectivity index (χ0n) is 9.96. The van der Waals surface area contributed by atoms with Gasteiger partial charge in [0.1, 0.15) is 0 Å². The summed E-state index contributed by atoms with van der Waals surface area (Å²) in [5, 5.41) is 4.79. The SMILES string of the molecule is O=C(NN=Cc1c(F)c(F)c(F)c(F)c1F)c1cccs1. The standard InChI is InChI=1S/C12H5F5N2OS/c13-7-5(8(14)10(16)11(17)9(7)15)4-18-19-12(20)6-2-1-3-21-6/h1-4H,(H,19,20). The summed E-state index contributed by atoms with van der Waals surface area (Å²) in [6.45, 7) is 0. The molecule has 0 radical (unpaired) electrons. The van der Waals surface area contributed by atoms with Crippen LogP contribution in [0.4, 0.5) is 22.0 Å². The molecule has 2 rings (SSSR count). The molecule has 21 heavy (non-hydrogen) atoms. The maximum absolute atomic E-state index is 13.3. The molecule has 0 spiro atoms. The van der Waals surface area contributed by atoms with Crippen LogP contribution in [0.2, 0.25) is 0 Å². The van der Waals surface area contributed by atoms with Crippen molar-refractivity contribution in [2.24, 2.45) is 5.10 Å². The average Bonchev–Trinajstić information content (AvgIpc) is 3.01. The molecule has 1 aromatic carbocycles. The van der Waals surface area contributed by atoms with E-state index in [1.165, 1.54) is 6.07 Å². The molecule has 0 aliphatic rings. The summed E-state index contributed by atoms with van der Waals surface area (Å²) in [6.07, 6.45) is 0.349. The van der Waals surface area contributed by atoms with Crippen molar-refractivity contribution < 1.29 is 26.7 Å². The Morgan fingerprint density at radius 2 is 1.62 bits per heavy atom. The molecule has 110 valence electrons. The second-order valence-corrected chi connectivity index (χ2v) is 4.61. The van der Waals surface area contributed by atoms with Gasteiger partial charge in [-0.05, 0) is 11.4 Å². The number of rotatable bonds is 3. The van der Waals surface area contributed by atoms with E-state index in [0.717, 1.165) is 11.3 Å². The largest absolute Gasteiger partial charge is 0.281 e. The lowest BCUT2D eigenvalue weighted by molar-refractivity contribution is 0.0959. The lowest BCUT2D eigenvalue weighted by Crippen LogP contribution is -2.17. The minimum absolute atomic E-state index is 0.268. The number of hydrogen-bond donors (Lipinski definition) is 1. The van der Waals surface area contributed by atoms with Gasteiger partial charge in [0.25, 0.3) is 5.91 Å². The van der Waals surface area contributed by atoms with E-state index in [4.69, 9.17) is 0 Å². The van der Waals surface area contributed by atoms with E-state index in [-0.39, 0.29) is 4.88 Å². The number of hydrazone groups is 1. The lowest BCUT2D eigenvalue weighted by atomic mass is 10.2. The highest BCUT2D eigenvalue weighted by molar-refractivity contribution is 7.12. The number of benzene rings is 1. The summed E-state index contributed by atoms with van der Waals surface area (Å²) < 4.78 is 65.2. The quantitative estimate of drug-likeness (QED) is 0.305. The Morgan fingerprint density at radius 3 is 2.14 bits per heavy atom. The third-order valence-corrected chi connectivity index (χ3v) is 3.22. The van der Waals surface area contributed by atoms with Crippen LogP contribution in [0.25, 0.3) is 0 Å². The number of carbonyl (C=O) groups excluding carboxylic acids is 1. The van der Waals surface area contributed by atoms with Gasteiger partial charge in [0, 0.05) is 0 Å². The van der Waals surface area contributed by atoms with Crippen LogP contribution in [0.15, 0.2) is 22.6 Å². The normalized spacial score (nSPS) is 11.1. The van der Waals surface area contributed by atoms with E-state index in [1.54, 1.807) is 11.4 Å². The summed E-state index contributed by atoms with van der Waals surface area (Å²) in [6, 6.07) is 3.06. The Balaban J connectivity index is 2.24. The van der Waals surface area contributed by atoms with Crippen molar-refractivity contribution in [1.82, 2.24) is 5.43 Å². The molecule has 9 heteroatoms. The van der Waals surface area contributed by atoms with Gasteiger partial charge in [0.05, 0.1) is 16.7 Å². The Morgan fingerprint density at radius 1 is 1.05 bits per heavy atom. The Bertz CT molecular complexity index is 686. The van der Waals surface area contributed by atoms with E-state index >= 15 is 0 Å². The maximum atomic E-state index is 13.3. The Labute approximate surface area is 118 Å². The smallest absolute Gasteiger partial charge is 0.266 e. The summed E-state index contributed by atoms with van der Waals surface area (Å²) in [4.78, 5) is 11.7. The van der Waals surface area contributed by atoms with Crippen molar-refractivity contribution in [3.63, 3.8) is 0 Å². The molecule has 0 saturated heterocycles. The van der Waals surface area contributed by atoms with Crippen LogP contribution in [0.3, 0.4) is 0 Å². The second kappa shape index (κ2) is 6.00. The molecule has 0 fully saturated rings. The summed E-state index contributed by atoms with van der Waals surface area (Å²) in [7, 11) is 0. The fourth-order valence-electron chi connectivity index (χ4n) is 1.35. The van der Waals surface area contributed by atoms with Gasteiger partial charge >= 0.3 is 0 Å².